The fourth-order valence-electron chi connectivity index (χ4n) is 1.00. The first kappa shape index (κ1) is 11.1. The Hall–Kier alpha value is -1.00. The van der Waals surface area contributed by atoms with Crippen LogP contribution >= 0.6 is 19.8 Å². The summed E-state index contributed by atoms with van der Waals surface area (Å²) in [6.45, 7) is 3.72. The molecule has 1 heterocycles. The molecule has 7 heteroatoms. The van der Waals surface area contributed by atoms with Crippen molar-refractivity contribution in [1.29, 1.82) is 0 Å². The van der Waals surface area contributed by atoms with Crippen molar-refractivity contribution < 1.29 is 14.2 Å². The first-order chi connectivity index (χ1) is 6.61. The second-order valence-electron chi connectivity index (χ2n) is 2.42. The van der Waals surface area contributed by atoms with Gasteiger partial charge in [0.1, 0.15) is 5.30 Å². The second-order valence-corrected chi connectivity index (χ2v) is 4.26. The van der Waals surface area contributed by atoms with Crippen LogP contribution in [0.15, 0.2) is 0 Å². The topological polar surface area (TPSA) is 69.4 Å². The average molecular weight is 233 g/mol. The number of hydrogen-bond acceptors (Lipinski definition) is 5. The zero-order chi connectivity index (χ0) is 10.7. The van der Waals surface area contributed by atoms with E-state index in [0.717, 1.165) is 11.3 Å². The van der Waals surface area contributed by atoms with E-state index >= 15 is 0 Å². The van der Waals surface area contributed by atoms with E-state index in [-0.39, 0.29) is 19.2 Å². The molecule has 0 aromatic carbocycles. The minimum Gasteiger partial charge on any atom is -0.486 e. The average Bonchev–Trinajstić information content (AvgIpc) is 2.43. The maximum Gasteiger partial charge on any atom is 0.367 e. The Balaban J connectivity index is 3.29. The zero-order valence-electron chi connectivity index (χ0n) is 7.64. The van der Waals surface area contributed by atoms with Gasteiger partial charge in [0, 0.05) is 4.88 Å². The van der Waals surface area contributed by atoms with E-state index in [0.29, 0.717) is 16.8 Å². The van der Waals surface area contributed by atoms with E-state index in [9.17, 15) is 14.7 Å². The Morgan fingerprint density at radius 1 is 1.64 bits per heavy atom. The van der Waals surface area contributed by atoms with Gasteiger partial charge in [-0.15, -0.1) is 0 Å². The van der Waals surface area contributed by atoms with Crippen LogP contribution in [0.2, 0.25) is 0 Å². The highest BCUT2D eigenvalue weighted by atomic mass is 32.1. The largest absolute Gasteiger partial charge is 0.486 e. The molecule has 1 rings (SSSR count). The van der Waals surface area contributed by atoms with Crippen molar-refractivity contribution in [2.45, 2.75) is 13.8 Å². The summed E-state index contributed by atoms with van der Waals surface area (Å²) in [6.07, 6.45) is 0. The summed E-state index contributed by atoms with van der Waals surface area (Å²) >= 11 is 0.983. The molecule has 14 heavy (non-hydrogen) atoms. The molecule has 0 amide bonds. The lowest BCUT2D eigenvalue weighted by Crippen LogP contribution is -2.02. The lowest BCUT2D eigenvalue weighted by atomic mass is 10.4. The van der Waals surface area contributed by atoms with Crippen molar-refractivity contribution in [2.75, 3.05) is 6.61 Å². The molecule has 0 spiro atoms. The number of ether oxygens (including phenoxy) is 1. The van der Waals surface area contributed by atoms with Crippen molar-refractivity contribution in [1.82, 2.24) is 0 Å². The SMILES string of the molecule is CCOc1c([N+](=O)[O-])sc(C)c1P=O. The van der Waals surface area contributed by atoms with Gasteiger partial charge >= 0.3 is 5.00 Å². The van der Waals surface area contributed by atoms with Gasteiger partial charge in [-0.3, -0.25) is 14.7 Å². The molecule has 1 aromatic heterocycles. The van der Waals surface area contributed by atoms with E-state index in [1.165, 1.54) is 0 Å². The Morgan fingerprint density at radius 3 is 2.71 bits per heavy atom. The van der Waals surface area contributed by atoms with Gasteiger partial charge in [-0.1, -0.05) is 11.3 Å². The molecule has 0 bridgehead atoms. The summed E-state index contributed by atoms with van der Waals surface area (Å²) in [7, 11) is -0.243. The van der Waals surface area contributed by atoms with Crippen molar-refractivity contribution in [3.05, 3.63) is 15.0 Å². The Morgan fingerprint density at radius 2 is 2.29 bits per heavy atom. The highest BCUT2D eigenvalue weighted by Crippen LogP contribution is 2.36. The molecule has 0 atom stereocenters. The molecule has 0 aliphatic heterocycles. The number of hydrogen-bond donors (Lipinski definition) is 0. The van der Waals surface area contributed by atoms with Gasteiger partial charge in [-0.05, 0) is 13.8 Å². The molecule has 0 aliphatic carbocycles. The standard InChI is InChI=1S/C7H8NO4PS/c1-3-12-5-6(13-11)4(2)14-7(5)8(9)10/h3H2,1-2H3. The molecule has 1 aromatic rings. The molecule has 0 radical (unpaired) electrons. The number of rotatable bonds is 4. The van der Waals surface area contributed by atoms with E-state index < -0.39 is 4.92 Å². The highest BCUT2D eigenvalue weighted by molar-refractivity contribution is 7.37. The Labute approximate surface area is 86.1 Å². The fraction of sp³-hybridized carbons (Fsp3) is 0.429. The van der Waals surface area contributed by atoms with Crippen LogP contribution in [0.25, 0.3) is 0 Å². The first-order valence-electron chi connectivity index (χ1n) is 3.85. The van der Waals surface area contributed by atoms with Crippen LogP contribution in [0.4, 0.5) is 5.00 Å². The van der Waals surface area contributed by atoms with Crippen molar-refractivity contribution in [3.8, 4) is 5.75 Å². The Kier molecular flexibility index (Phi) is 3.55. The van der Waals surface area contributed by atoms with E-state index in [1.54, 1.807) is 13.8 Å². The third-order valence-electron chi connectivity index (χ3n) is 1.54. The van der Waals surface area contributed by atoms with Crippen LogP contribution in [0.5, 0.6) is 5.75 Å². The lowest BCUT2D eigenvalue weighted by Gasteiger charge is -1.99. The summed E-state index contributed by atoms with van der Waals surface area (Å²) in [5.74, 6) is 0.136. The van der Waals surface area contributed by atoms with Crippen LogP contribution in [-0.2, 0) is 4.57 Å². The Bertz CT molecular complexity index is 376. The van der Waals surface area contributed by atoms with Gasteiger partial charge in [0.05, 0.1) is 11.5 Å². The zero-order valence-corrected chi connectivity index (χ0v) is 9.35. The van der Waals surface area contributed by atoms with Gasteiger partial charge in [-0.25, -0.2) is 0 Å². The van der Waals surface area contributed by atoms with Gasteiger partial charge < -0.3 is 4.74 Å². The second kappa shape index (κ2) is 4.48. The quantitative estimate of drug-likeness (QED) is 0.454. The predicted octanol–water partition coefficient (Wildman–Crippen LogP) is 2.28. The number of nitrogens with zero attached hydrogens (tertiary/aromatic N) is 1. The van der Waals surface area contributed by atoms with Gasteiger partial charge in [0.2, 0.25) is 5.75 Å². The third-order valence-corrected chi connectivity index (χ3v) is 3.45. The first-order valence-corrected chi connectivity index (χ1v) is 5.48. The van der Waals surface area contributed by atoms with E-state index in [4.69, 9.17) is 4.74 Å². The smallest absolute Gasteiger partial charge is 0.367 e. The number of nitro groups is 1. The lowest BCUT2D eigenvalue weighted by molar-refractivity contribution is -0.381. The molecule has 0 saturated carbocycles. The summed E-state index contributed by atoms with van der Waals surface area (Å²) < 4.78 is 15.9. The summed E-state index contributed by atoms with van der Waals surface area (Å²) in [4.78, 5) is 10.7. The molecule has 0 aliphatic rings. The minimum atomic E-state index is -0.517. The number of thiophene rings is 1. The maximum atomic E-state index is 10.8. The van der Waals surface area contributed by atoms with E-state index in [1.807, 2.05) is 0 Å². The van der Waals surface area contributed by atoms with Gasteiger partial charge in [-0.2, -0.15) is 0 Å². The van der Waals surface area contributed by atoms with Crippen LogP contribution in [0.1, 0.15) is 11.8 Å². The van der Waals surface area contributed by atoms with Crippen LogP contribution in [0, 0.1) is 17.0 Å². The van der Waals surface area contributed by atoms with Crippen LogP contribution in [-0.4, -0.2) is 11.5 Å². The minimum absolute atomic E-state index is 0.0808. The molecular formula is C7H8NO4PS. The predicted molar refractivity (Wildman–Crippen MR) is 54.1 cm³/mol. The number of aryl methyl sites for hydroxylation is 1. The molecule has 5 nitrogen and oxygen atoms in total. The summed E-state index contributed by atoms with van der Waals surface area (Å²) in [5.41, 5.74) is 0. The highest BCUT2D eigenvalue weighted by Gasteiger charge is 2.25. The molecule has 0 fully saturated rings. The van der Waals surface area contributed by atoms with Crippen LogP contribution in [0.3, 0.4) is 0 Å². The fourth-order valence-corrected chi connectivity index (χ4v) is 2.52. The van der Waals surface area contributed by atoms with Gasteiger partial charge in [0.15, 0.2) is 8.46 Å². The van der Waals surface area contributed by atoms with Gasteiger partial charge in [0.25, 0.3) is 0 Å². The summed E-state index contributed by atoms with van der Waals surface area (Å²) in [5, 5.41) is 10.9. The van der Waals surface area contributed by atoms with Crippen molar-refractivity contribution in [3.63, 3.8) is 0 Å². The molecular weight excluding hydrogens is 225 g/mol. The molecule has 0 N–H and O–H groups in total. The van der Waals surface area contributed by atoms with Crippen molar-refractivity contribution in [2.24, 2.45) is 0 Å². The van der Waals surface area contributed by atoms with E-state index in [2.05, 4.69) is 0 Å². The maximum absolute atomic E-state index is 10.8. The summed E-state index contributed by atoms with van der Waals surface area (Å²) in [6, 6.07) is 0. The molecule has 0 unspecified atom stereocenters. The van der Waals surface area contributed by atoms with Crippen molar-refractivity contribution >= 4 is 30.1 Å². The van der Waals surface area contributed by atoms with Crippen LogP contribution < -0.4 is 10.0 Å². The monoisotopic (exact) mass is 233 g/mol. The normalized spacial score (nSPS) is 10.4. The third kappa shape index (κ3) is 1.91. The molecule has 76 valence electrons. The molecule has 0 saturated heterocycles.